The first-order chi connectivity index (χ1) is 9.51. The summed E-state index contributed by atoms with van der Waals surface area (Å²) in [6, 6.07) is 9.69. The van der Waals surface area contributed by atoms with E-state index in [0.717, 1.165) is 5.56 Å². The van der Waals surface area contributed by atoms with Crippen molar-refractivity contribution in [2.45, 2.75) is 6.92 Å². The van der Waals surface area contributed by atoms with Crippen molar-refractivity contribution in [3.63, 3.8) is 0 Å². The summed E-state index contributed by atoms with van der Waals surface area (Å²) in [5.74, 6) is 0.235. The number of carbonyl (C=O) groups is 1. The highest BCUT2D eigenvalue weighted by molar-refractivity contribution is 6.30. The summed E-state index contributed by atoms with van der Waals surface area (Å²) < 4.78 is 10.8. The molecule has 4 nitrogen and oxygen atoms in total. The lowest BCUT2D eigenvalue weighted by atomic mass is 10.2. The number of hydrogen-bond donors (Lipinski definition) is 1. The zero-order valence-corrected chi connectivity index (χ0v) is 11.8. The van der Waals surface area contributed by atoms with Gasteiger partial charge in [-0.3, -0.25) is 0 Å². The van der Waals surface area contributed by atoms with E-state index in [-0.39, 0.29) is 11.3 Å². The van der Waals surface area contributed by atoms with Gasteiger partial charge in [-0.1, -0.05) is 11.6 Å². The first kappa shape index (κ1) is 14.2. The summed E-state index contributed by atoms with van der Waals surface area (Å²) >= 11 is 5.88. The van der Waals surface area contributed by atoms with Crippen LogP contribution in [0.4, 0.5) is 0 Å². The molecule has 0 saturated carbocycles. The van der Waals surface area contributed by atoms with Crippen LogP contribution in [0.25, 0.3) is 0 Å². The zero-order chi connectivity index (χ0) is 14.7. The van der Waals surface area contributed by atoms with E-state index < -0.39 is 5.97 Å². The fourth-order valence-electron chi connectivity index (χ4n) is 1.74. The number of benzene rings is 2. The van der Waals surface area contributed by atoms with Gasteiger partial charge in [-0.25, -0.2) is 4.79 Å². The van der Waals surface area contributed by atoms with Gasteiger partial charge in [0.05, 0.1) is 7.11 Å². The molecule has 5 heteroatoms. The average molecular weight is 293 g/mol. The van der Waals surface area contributed by atoms with Gasteiger partial charge in [-0.15, -0.1) is 0 Å². The quantitative estimate of drug-likeness (QED) is 0.920. The van der Waals surface area contributed by atoms with E-state index in [2.05, 4.69) is 0 Å². The predicted molar refractivity (Wildman–Crippen MR) is 76.2 cm³/mol. The van der Waals surface area contributed by atoms with Gasteiger partial charge in [0.15, 0.2) is 0 Å². The molecule has 0 aromatic heterocycles. The fourth-order valence-corrected chi connectivity index (χ4v) is 1.96. The lowest BCUT2D eigenvalue weighted by Gasteiger charge is -2.12. The van der Waals surface area contributed by atoms with Gasteiger partial charge >= 0.3 is 5.97 Å². The Hall–Kier alpha value is -2.20. The van der Waals surface area contributed by atoms with E-state index >= 15 is 0 Å². The minimum atomic E-state index is -1.06. The monoisotopic (exact) mass is 292 g/mol. The molecule has 0 amide bonds. The number of carboxylic acids is 1. The Morgan fingerprint density at radius 2 is 1.90 bits per heavy atom. The number of aryl methyl sites for hydroxylation is 1. The van der Waals surface area contributed by atoms with Gasteiger partial charge in [0.1, 0.15) is 22.8 Å². The van der Waals surface area contributed by atoms with E-state index in [0.29, 0.717) is 16.5 Å². The molecule has 2 aromatic carbocycles. The molecule has 1 N–H and O–H groups in total. The van der Waals surface area contributed by atoms with Crippen molar-refractivity contribution in [2.75, 3.05) is 7.11 Å². The second kappa shape index (κ2) is 5.84. The molecule has 0 bridgehead atoms. The Morgan fingerprint density at radius 1 is 1.15 bits per heavy atom. The molecule has 0 atom stereocenters. The molecule has 104 valence electrons. The lowest BCUT2D eigenvalue weighted by molar-refractivity contribution is 0.0694. The van der Waals surface area contributed by atoms with Crippen molar-refractivity contribution in [1.82, 2.24) is 0 Å². The molecule has 0 fully saturated rings. The highest BCUT2D eigenvalue weighted by Gasteiger charge is 2.14. The van der Waals surface area contributed by atoms with Crippen LogP contribution in [0.2, 0.25) is 5.02 Å². The Morgan fingerprint density at radius 3 is 2.50 bits per heavy atom. The molecule has 0 radical (unpaired) electrons. The van der Waals surface area contributed by atoms with Crippen molar-refractivity contribution >= 4 is 17.6 Å². The van der Waals surface area contributed by atoms with Crippen LogP contribution in [-0.2, 0) is 0 Å². The number of aromatic carboxylic acids is 1. The minimum absolute atomic E-state index is 0.0696. The molecule has 2 rings (SSSR count). The number of hydrogen-bond acceptors (Lipinski definition) is 3. The molecule has 0 aliphatic rings. The molecule has 0 spiro atoms. The van der Waals surface area contributed by atoms with Crippen LogP contribution in [0, 0.1) is 6.92 Å². The van der Waals surface area contributed by atoms with E-state index in [1.165, 1.54) is 19.2 Å². The Bertz CT molecular complexity index is 652. The van der Waals surface area contributed by atoms with Gasteiger partial charge in [-0.2, -0.15) is 0 Å². The fraction of sp³-hybridized carbons (Fsp3) is 0.133. The maximum Gasteiger partial charge on any atom is 0.339 e. The third-order valence-corrected chi connectivity index (χ3v) is 3.01. The zero-order valence-electron chi connectivity index (χ0n) is 11.0. The summed E-state index contributed by atoms with van der Waals surface area (Å²) in [4.78, 5) is 11.2. The molecule has 0 aliphatic heterocycles. The second-order valence-corrected chi connectivity index (χ2v) is 4.62. The third kappa shape index (κ3) is 3.03. The van der Waals surface area contributed by atoms with Crippen LogP contribution >= 0.6 is 11.6 Å². The summed E-state index contributed by atoms with van der Waals surface area (Å²) in [7, 11) is 1.51. The molecule has 0 saturated heterocycles. The smallest absolute Gasteiger partial charge is 0.339 e. The normalized spacial score (nSPS) is 10.2. The molecule has 0 unspecified atom stereocenters. The summed E-state index contributed by atoms with van der Waals surface area (Å²) in [5, 5.41) is 9.78. The van der Waals surface area contributed by atoms with Crippen LogP contribution in [0.15, 0.2) is 36.4 Å². The van der Waals surface area contributed by atoms with Crippen molar-refractivity contribution in [2.24, 2.45) is 0 Å². The largest absolute Gasteiger partial charge is 0.497 e. The van der Waals surface area contributed by atoms with Gasteiger partial charge < -0.3 is 14.6 Å². The van der Waals surface area contributed by atoms with E-state index in [4.69, 9.17) is 21.1 Å². The second-order valence-electron chi connectivity index (χ2n) is 4.18. The van der Waals surface area contributed by atoms with Gasteiger partial charge in [0, 0.05) is 11.1 Å². The third-order valence-electron chi connectivity index (χ3n) is 2.78. The summed E-state index contributed by atoms with van der Waals surface area (Å²) in [5.41, 5.74) is 0.886. The topological polar surface area (TPSA) is 55.8 Å². The lowest BCUT2D eigenvalue weighted by Crippen LogP contribution is -2.01. The highest BCUT2D eigenvalue weighted by Crippen LogP contribution is 2.32. The first-order valence-corrected chi connectivity index (χ1v) is 6.24. The SMILES string of the molecule is COc1ccc(C(=O)O)c(Oc2ccc(Cl)cc2C)c1. The summed E-state index contributed by atoms with van der Waals surface area (Å²) in [6.07, 6.45) is 0. The number of ether oxygens (including phenoxy) is 2. The Kier molecular flexibility index (Phi) is 4.15. The van der Waals surface area contributed by atoms with E-state index in [9.17, 15) is 9.90 Å². The standard InChI is InChI=1S/C15H13ClO4/c1-9-7-10(16)3-6-13(9)20-14-8-11(19-2)4-5-12(14)15(17)18/h3-8H,1-2H3,(H,17,18). The van der Waals surface area contributed by atoms with Crippen LogP contribution in [-0.4, -0.2) is 18.2 Å². The van der Waals surface area contributed by atoms with Crippen LogP contribution < -0.4 is 9.47 Å². The van der Waals surface area contributed by atoms with Gasteiger partial charge in [0.2, 0.25) is 0 Å². The summed E-state index contributed by atoms with van der Waals surface area (Å²) in [6.45, 7) is 1.84. The Balaban J connectivity index is 2.43. The molecule has 0 aliphatic carbocycles. The van der Waals surface area contributed by atoms with Crippen LogP contribution in [0.3, 0.4) is 0 Å². The Labute approximate surface area is 121 Å². The van der Waals surface area contributed by atoms with Crippen LogP contribution in [0.5, 0.6) is 17.2 Å². The van der Waals surface area contributed by atoms with Crippen molar-refractivity contribution in [3.05, 3.63) is 52.5 Å². The van der Waals surface area contributed by atoms with E-state index in [1.807, 2.05) is 6.92 Å². The molecule has 20 heavy (non-hydrogen) atoms. The molecule has 2 aromatic rings. The highest BCUT2D eigenvalue weighted by atomic mass is 35.5. The number of carboxylic acid groups (broad SMARTS) is 1. The minimum Gasteiger partial charge on any atom is -0.497 e. The van der Waals surface area contributed by atoms with Crippen molar-refractivity contribution in [1.29, 1.82) is 0 Å². The maximum absolute atomic E-state index is 11.2. The molecule has 0 heterocycles. The molecular weight excluding hydrogens is 280 g/mol. The van der Waals surface area contributed by atoms with Crippen molar-refractivity contribution < 1.29 is 19.4 Å². The number of rotatable bonds is 4. The average Bonchev–Trinajstić information content (AvgIpc) is 2.41. The predicted octanol–water partition coefficient (Wildman–Crippen LogP) is 4.15. The van der Waals surface area contributed by atoms with Gasteiger partial charge in [-0.05, 0) is 42.8 Å². The van der Waals surface area contributed by atoms with Crippen LogP contribution in [0.1, 0.15) is 15.9 Å². The number of halogens is 1. The van der Waals surface area contributed by atoms with Gasteiger partial charge in [0.25, 0.3) is 0 Å². The number of methoxy groups -OCH3 is 1. The van der Waals surface area contributed by atoms with Crippen molar-refractivity contribution in [3.8, 4) is 17.2 Å². The van der Waals surface area contributed by atoms with E-state index in [1.54, 1.807) is 24.3 Å². The first-order valence-electron chi connectivity index (χ1n) is 5.86. The molecular formula is C15H13ClO4. The maximum atomic E-state index is 11.2.